The summed E-state index contributed by atoms with van der Waals surface area (Å²) in [6.45, 7) is 0.586. The van der Waals surface area contributed by atoms with Gasteiger partial charge < -0.3 is 10.4 Å². The van der Waals surface area contributed by atoms with Crippen LogP contribution in [0.2, 0.25) is 0 Å². The number of carbonyl (C=O) groups is 2. The lowest BCUT2D eigenvalue weighted by Gasteiger charge is -2.32. The number of thiophene rings is 1. The molecular weight excluding hydrogens is 292 g/mol. The standard InChI is InChI=1S/C13H14N4O3S/c18-12(14-9-4-8(5-9)13(19)20)11-7-17(16-15-11)6-10-2-1-3-21-10/h1-3,7-9H,4-6H2,(H,14,18)(H,19,20). The first kappa shape index (κ1) is 13.7. The molecule has 0 aliphatic heterocycles. The van der Waals surface area contributed by atoms with Crippen molar-refractivity contribution in [3.05, 3.63) is 34.3 Å². The quantitative estimate of drug-likeness (QED) is 0.858. The summed E-state index contributed by atoms with van der Waals surface area (Å²) in [5, 5.41) is 21.3. The summed E-state index contributed by atoms with van der Waals surface area (Å²) in [7, 11) is 0. The lowest BCUT2D eigenvalue weighted by Crippen LogP contribution is -2.46. The van der Waals surface area contributed by atoms with Crippen molar-refractivity contribution in [1.82, 2.24) is 20.3 Å². The van der Waals surface area contributed by atoms with Crippen molar-refractivity contribution in [2.75, 3.05) is 0 Å². The van der Waals surface area contributed by atoms with E-state index in [-0.39, 0.29) is 23.6 Å². The van der Waals surface area contributed by atoms with Gasteiger partial charge >= 0.3 is 5.97 Å². The van der Waals surface area contributed by atoms with Crippen LogP contribution in [0.3, 0.4) is 0 Å². The minimum Gasteiger partial charge on any atom is -0.481 e. The van der Waals surface area contributed by atoms with E-state index in [0.29, 0.717) is 19.4 Å². The van der Waals surface area contributed by atoms with Crippen LogP contribution in [0, 0.1) is 5.92 Å². The highest BCUT2D eigenvalue weighted by Crippen LogP contribution is 2.27. The summed E-state index contributed by atoms with van der Waals surface area (Å²) < 4.78 is 1.61. The van der Waals surface area contributed by atoms with Crippen LogP contribution < -0.4 is 5.32 Å². The van der Waals surface area contributed by atoms with Gasteiger partial charge in [-0.05, 0) is 24.3 Å². The van der Waals surface area contributed by atoms with Gasteiger partial charge in [0, 0.05) is 10.9 Å². The molecule has 0 unspecified atom stereocenters. The number of nitrogens with one attached hydrogen (secondary N) is 1. The van der Waals surface area contributed by atoms with Gasteiger partial charge in [-0.3, -0.25) is 9.59 Å². The zero-order chi connectivity index (χ0) is 14.8. The summed E-state index contributed by atoms with van der Waals surface area (Å²) in [5.74, 6) is -1.45. The zero-order valence-corrected chi connectivity index (χ0v) is 11.9. The van der Waals surface area contributed by atoms with Crippen molar-refractivity contribution in [2.24, 2.45) is 5.92 Å². The summed E-state index contributed by atoms with van der Waals surface area (Å²) in [5.41, 5.74) is 0.255. The molecule has 2 heterocycles. The highest BCUT2D eigenvalue weighted by Gasteiger charge is 2.35. The topological polar surface area (TPSA) is 97.1 Å². The third-order valence-corrected chi connectivity index (χ3v) is 4.35. The number of carboxylic acid groups (broad SMARTS) is 1. The fourth-order valence-corrected chi connectivity index (χ4v) is 2.93. The van der Waals surface area contributed by atoms with Gasteiger partial charge in [0.05, 0.1) is 18.7 Å². The molecule has 1 saturated carbocycles. The first-order chi connectivity index (χ1) is 10.1. The fraction of sp³-hybridized carbons (Fsp3) is 0.385. The predicted molar refractivity (Wildman–Crippen MR) is 75.1 cm³/mol. The monoisotopic (exact) mass is 306 g/mol. The van der Waals surface area contributed by atoms with E-state index >= 15 is 0 Å². The highest BCUT2D eigenvalue weighted by atomic mass is 32.1. The van der Waals surface area contributed by atoms with E-state index in [1.807, 2.05) is 17.5 Å². The zero-order valence-electron chi connectivity index (χ0n) is 11.1. The van der Waals surface area contributed by atoms with Crippen LogP contribution in [-0.4, -0.2) is 38.0 Å². The van der Waals surface area contributed by atoms with E-state index in [1.54, 1.807) is 22.2 Å². The molecule has 1 aliphatic rings. The average molecular weight is 306 g/mol. The molecule has 1 fully saturated rings. The van der Waals surface area contributed by atoms with E-state index in [1.165, 1.54) is 0 Å². The number of amides is 1. The predicted octanol–water partition coefficient (Wildman–Crippen LogP) is 0.981. The maximum atomic E-state index is 12.0. The van der Waals surface area contributed by atoms with E-state index in [9.17, 15) is 9.59 Å². The van der Waals surface area contributed by atoms with Crippen LogP contribution >= 0.6 is 11.3 Å². The summed E-state index contributed by atoms with van der Waals surface area (Å²) in [6, 6.07) is 3.87. The second kappa shape index (κ2) is 5.65. The number of aromatic nitrogens is 3. The third kappa shape index (κ3) is 3.10. The largest absolute Gasteiger partial charge is 0.481 e. The Labute approximate surface area is 124 Å². The van der Waals surface area contributed by atoms with Crippen molar-refractivity contribution >= 4 is 23.2 Å². The summed E-state index contributed by atoms with van der Waals surface area (Å²) in [6.07, 6.45) is 2.55. The van der Waals surface area contributed by atoms with Gasteiger partial charge in [0.1, 0.15) is 0 Å². The van der Waals surface area contributed by atoms with Gasteiger partial charge in [0.15, 0.2) is 5.69 Å². The number of hydrogen-bond donors (Lipinski definition) is 2. The lowest BCUT2D eigenvalue weighted by molar-refractivity contribution is -0.145. The van der Waals surface area contributed by atoms with Crippen LogP contribution in [0.1, 0.15) is 28.2 Å². The van der Waals surface area contributed by atoms with Crippen molar-refractivity contribution in [1.29, 1.82) is 0 Å². The Bertz CT molecular complexity index is 646. The molecule has 3 rings (SSSR count). The van der Waals surface area contributed by atoms with Gasteiger partial charge in [-0.25, -0.2) is 4.68 Å². The molecule has 0 spiro atoms. The Morgan fingerprint density at radius 2 is 2.29 bits per heavy atom. The van der Waals surface area contributed by atoms with Crippen LogP contribution in [0.4, 0.5) is 0 Å². The Hall–Kier alpha value is -2.22. The molecule has 21 heavy (non-hydrogen) atoms. The van der Waals surface area contributed by atoms with Crippen molar-refractivity contribution in [3.63, 3.8) is 0 Å². The van der Waals surface area contributed by atoms with Gasteiger partial charge in [-0.15, -0.1) is 16.4 Å². The summed E-state index contributed by atoms with van der Waals surface area (Å²) in [4.78, 5) is 23.8. The third-order valence-electron chi connectivity index (χ3n) is 3.49. The molecule has 0 atom stereocenters. The molecule has 8 heteroatoms. The molecule has 2 aromatic heterocycles. The van der Waals surface area contributed by atoms with E-state index < -0.39 is 5.97 Å². The Kier molecular flexibility index (Phi) is 3.70. The van der Waals surface area contributed by atoms with Crippen molar-refractivity contribution in [2.45, 2.75) is 25.4 Å². The first-order valence-electron chi connectivity index (χ1n) is 6.58. The van der Waals surface area contributed by atoms with E-state index in [4.69, 9.17) is 5.11 Å². The summed E-state index contributed by atoms with van der Waals surface area (Å²) >= 11 is 1.62. The number of hydrogen-bond acceptors (Lipinski definition) is 5. The molecule has 110 valence electrons. The maximum Gasteiger partial charge on any atom is 0.306 e. The molecule has 2 N–H and O–H groups in total. The van der Waals surface area contributed by atoms with Crippen LogP contribution in [-0.2, 0) is 11.3 Å². The van der Waals surface area contributed by atoms with Crippen molar-refractivity contribution < 1.29 is 14.7 Å². The smallest absolute Gasteiger partial charge is 0.306 e. The van der Waals surface area contributed by atoms with E-state index in [2.05, 4.69) is 15.6 Å². The fourth-order valence-electron chi connectivity index (χ4n) is 2.24. The minimum absolute atomic E-state index is 0.0824. The Balaban J connectivity index is 1.54. The SMILES string of the molecule is O=C(NC1CC(C(=O)O)C1)c1cn(Cc2cccs2)nn1. The molecule has 0 radical (unpaired) electrons. The number of nitrogens with zero attached hydrogens (tertiary/aromatic N) is 3. The molecule has 7 nitrogen and oxygen atoms in total. The number of carbonyl (C=O) groups excluding carboxylic acids is 1. The van der Waals surface area contributed by atoms with Gasteiger partial charge in [-0.1, -0.05) is 11.3 Å². The van der Waals surface area contributed by atoms with Gasteiger partial charge in [0.25, 0.3) is 5.91 Å². The highest BCUT2D eigenvalue weighted by molar-refractivity contribution is 7.09. The lowest BCUT2D eigenvalue weighted by atomic mass is 9.80. The minimum atomic E-state index is -0.803. The number of carboxylic acids is 1. The number of rotatable bonds is 5. The van der Waals surface area contributed by atoms with E-state index in [0.717, 1.165) is 4.88 Å². The molecule has 2 aromatic rings. The Morgan fingerprint density at radius 3 is 2.95 bits per heavy atom. The van der Waals surface area contributed by atoms with Crippen LogP contribution in [0.15, 0.2) is 23.7 Å². The normalized spacial score (nSPS) is 20.8. The first-order valence-corrected chi connectivity index (χ1v) is 7.46. The molecule has 0 bridgehead atoms. The van der Waals surface area contributed by atoms with Gasteiger partial charge in [0.2, 0.25) is 0 Å². The van der Waals surface area contributed by atoms with Gasteiger partial charge in [-0.2, -0.15) is 0 Å². The molecule has 0 saturated heterocycles. The average Bonchev–Trinajstić information content (AvgIpc) is 3.04. The molecule has 1 amide bonds. The second-order valence-corrected chi connectivity index (χ2v) is 6.09. The number of aliphatic carboxylic acids is 1. The Morgan fingerprint density at radius 1 is 1.48 bits per heavy atom. The maximum absolute atomic E-state index is 12.0. The molecular formula is C13H14N4O3S. The van der Waals surface area contributed by atoms with Crippen molar-refractivity contribution in [3.8, 4) is 0 Å². The van der Waals surface area contributed by atoms with Crippen LogP contribution in [0.5, 0.6) is 0 Å². The molecule has 1 aliphatic carbocycles. The second-order valence-electron chi connectivity index (χ2n) is 5.06. The van der Waals surface area contributed by atoms with Crippen LogP contribution in [0.25, 0.3) is 0 Å². The molecule has 0 aromatic carbocycles.